The van der Waals surface area contributed by atoms with Crippen LogP contribution in [0.25, 0.3) is 27.6 Å². The number of aromatic nitrogens is 4. The van der Waals surface area contributed by atoms with Crippen molar-refractivity contribution in [2.45, 2.75) is 0 Å². The number of nitrogens with one attached hydrogen (secondary N) is 1. The predicted molar refractivity (Wildman–Crippen MR) is 120 cm³/mol. The van der Waals surface area contributed by atoms with Crippen molar-refractivity contribution in [3.8, 4) is 27.7 Å². The highest BCUT2D eigenvalue weighted by atomic mass is 32.1. The van der Waals surface area contributed by atoms with Crippen LogP contribution in [0.5, 0.6) is 5.75 Å². The molecule has 0 unspecified atom stereocenters. The number of carbonyl (C=O) groups is 1. The number of hydrogen-bond donors (Lipinski definition) is 1. The van der Waals surface area contributed by atoms with Crippen molar-refractivity contribution < 1.29 is 9.53 Å². The van der Waals surface area contributed by atoms with E-state index in [4.69, 9.17) is 9.84 Å². The summed E-state index contributed by atoms with van der Waals surface area (Å²) in [5.74, 6) is 1.16. The summed E-state index contributed by atoms with van der Waals surface area (Å²) in [6.45, 7) is 0. The third-order valence-corrected chi connectivity index (χ3v) is 5.64. The van der Waals surface area contributed by atoms with Gasteiger partial charge in [0.05, 0.1) is 17.7 Å². The minimum absolute atomic E-state index is 0.198. The molecular weight excluding hydrogens is 410 g/mol. The first-order valence-corrected chi connectivity index (χ1v) is 10.4. The number of fused-ring (bicyclic) bond motifs is 1. The average Bonchev–Trinajstić information content (AvgIpc) is 3.49. The number of amides is 1. The maximum Gasteiger partial charge on any atom is 0.255 e. The highest BCUT2D eigenvalue weighted by Crippen LogP contribution is 2.25. The lowest BCUT2D eigenvalue weighted by Gasteiger charge is -2.08. The van der Waals surface area contributed by atoms with Gasteiger partial charge in [-0.1, -0.05) is 24.3 Å². The Hall–Kier alpha value is -4.04. The molecule has 3 aromatic heterocycles. The van der Waals surface area contributed by atoms with Gasteiger partial charge in [0.2, 0.25) is 0 Å². The number of thiophene rings is 1. The van der Waals surface area contributed by atoms with Gasteiger partial charge in [-0.25, -0.2) is 0 Å². The standard InChI is InChI=1S/C23H17N5O2S/c1-30-18-5-2-4-16(14-18)23(29)24-17-9-7-15(8-10-17)19-11-12-21-25-26-22(28(21)27-19)20-6-3-13-31-20/h2-14H,1H3,(H,24,29). The lowest BCUT2D eigenvalue weighted by Crippen LogP contribution is -2.11. The lowest BCUT2D eigenvalue weighted by atomic mass is 10.1. The van der Waals surface area contributed by atoms with Crippen molar-refractivity contribution in [2.75, 3.05) is 12.4 Å². The summed E-state index contributed by atoms with van der Waals surface area (Å²) in [6.07, 6.45) is 0. The maximum absolute atomic E-state index is 12.5. The largest absolute Gasteiger partial charge is 0.497 e. The second-order valence-corrected chi connectivity index (χ2v) is 7.70. The molecule has 5 aromatic rings. The van der Waals surface area contributed by atoms with Gasteiger partial charge in [0.25, 0.3) is 5.91 Å². The number of nitrogens with zero attached hydrogens (tertiary/aromatic N) is 4. The quantitative estimate of drug-likeness (QED) is 0.437. The molecule has 31 heavy (non-hydrogen) atoms. The summed E-state index contributed by atoms with van der Waals surface area (Å²) in [4.78, 5) is 13.5. The number of rotatable bonds is 5. The number of carbonyl (C=O) groups excluding carboxylic acids is 1. The summed E-state index contributed by atoms with van der Waals surface area (Å²) < 4.78 is 6.93. The molecule has 5 rings (SSSR count). The van der Waals surface area contributed by atoms with Gasteiger partial charge in [-0.3, -0.25) is 4.79 Å². The van der Waals surface area contributed by atoms with Crippen LogP contribution in [0, 0.1) is 0 Å². The fourth-order valence-corrected chi connectivity index (χ4v) is 3.89. The Morgan fingerprint density at radius 3 is 2.65 bits per heavy atom. The van der Waals surface area contributed by atoms with Gasteiger partial charge in [0.15, 0.2) is 11.5 Å². The number of hydrogen-bond acceptors (Lipinski definition) is 6. The van der Waals surface area contributed by atoms with Gasteiger partial charge in [0.1, 0.15) is 5.75 Å². The van der Waals surface area contributed by atoms with Gasteiger partial charge in [-0.05, 0) is 53.9 Å². The zero-order valence-corrected chi connectivity index (χ0v) is 17.3. The summed E-state index contributed by atoms with van der Waals surface area (Å²) in [7, 11) is 1.57. The van der Waals surface area contributed by atoms with Crippen LogP contribution in [-0.4, -0.2) is 32.8 Å². The van der Waals surface area contributed by atoms with Crippen molar-refractivity contribution in [3.05, 3.63) is 83.7 Å². The summed E-state index contributed by atoms with van der Waals surface area (Å²) in [5.41, 5.74) is 3.63. The smallest absolute Gasteiger partial charge is 0.255 e. The molecular formula is C23H17N5O2S. The predicted octanol–water partition coefficient (Wildman–Crippen LogP) is 4.78. The third-order valence-electron chi connectivity index (χ3n) is 4.77. The molecule has 1 amide bonds. The van der Waals surface area contributed by atoms with Gasteiger partial charge in [-0.15, -0.1) is 21.5 Å². The van der Waals surface area contributed by atoms with E-state index in [9.17, 15) is 4.79 Å². The van der Waals surface area contributed by atoms with Crippen LogP contribution in [0.15, 0.2) is 78.2 Å². The van der Waals surface area contributed by atoms with Gasteiger partial charge >= 0.3 is 0 Å². The molecule has 3 heterocycles. The van der Waals surface area contributed by atoms with Crippen LogP contribution in [0.3, 0.4) is 0 Å². The molecule has 0 fully saturated rings. The van der Waals surface area contributed by atoms with E-state index in [2.05, 4.69) is 15.5 Å². The molecule has 0 saturated carbocycles. The summed E-state index contributed by atoms with van der Waals surface area (Å²) >= 11 is 1.59. The van der Waals surface area contributed by atoms with Gasteiger partial charge in [-0.2, -0.15) is 9.61 Å². The Morgan fingerprint density at radius 2 is 1.87 bits per heavy atom. The SMILES string of the molecule is COc1cccc(C(=O)Nc2ccc(-c3ccc4nnc(-c5cccs5)n4n3)cc2)c1. The fourth-order valence-electron chi connectivity index (χ4n) is 3.19. The number of benzene rings is 2. The Labute approximate surface area is 182 Å². The van der Waals surface area contributed by atoms with Crippen LogP contribution in [0.2, 0.25) is 0 Å². The Bertz CT molecular complexity index is 1360. The molecule has 0 aliphatic carbocycles. The molecule has 0 spiro atoms. The van der Waals surface area contributed by atoms with E-state index in [-0.39, 0.29) is 5.91 Å². The van der Waals surface area contributed by atoms with Crippen molar-refractivity contribution in [3.63, 3.8) is 0 Å². The average molecular weight is 427 g/mol. The molecule has 0 radical (unpaired) electrons. The van der Waals surface area contributed by atoms with E-state index in [0.717, 1.165) is 16.1 Å². The Morgan fingerprint density at radius 1 is 1.00 bits per heavy atom. The van der Waals surface area contributed by atoms with Crippen LogP contribution >= 0.6 is 11.3 Å². The molecule has 0 saturated heterocycles. The Kier molecular flexibility index (Phi) is 4.89. The molecule has 1 N–H and O–H groups in total. The molecule has 0 atom stereocenters. The van der Waals surface area contributed by atoms with Crippen LogP contribution < -0.4 is 10.1 Å². The zero-order valence-electron chi connectivity index (χ0n) is 16.5. The minimum atomic E-state index is -0.198. The lowest BCUT2D eigenvalue weighted by molar-refractivity contribution is 0.102. The minimum Gasteiger partial charge on any atom is -0.497 e. The Balaban J connectivity index is 1.39. The first kappa shape index (κ1) is 19.0. The van der Waals surface area contributed by atoms with Crippen LogP contribution in [0.1, 0.15) is 10.4 Å². The molecule has 2 aromatic carbocycles. The van der Waals surface area contributed by atoms with E-state index in [1.54, 1.807) is 47.2 Å². The van der Waals surface area contributed by atoms with E-state index < -0.39 is 0 Å². The monoisotopic (exact) mass is 427 g/mol. The van der Waals surface area contributed by atoms with Gasteiger partial charge < -0.3 is 10.1 Å². The first-order valence-electron chi connectivity index (χ1n) is 9.53. The first-order chi connectivity index (χ1) is 15.2. The maximum atomic E-state index is 12.5. The van der Waals surface area contributed by atoms with E-state index in [0.29, 0.717) is 28.5 Å². The van der Waals surface area contributed by atoms with Crippen molar-refractivity contribution in [1.82, 2.24) is 19.8 Å². The number of anilines is 1. The highest BCUT2D eigenvalue weighted by molar-refractivity contribution is 7.13. The van der Waals surface area contributed by atoms with Crippen molar-refractivity contribution in [2.24, 2.45) is 0 Å². The zero-order chi connectivity index (χ0) is 21.2. The van der Waals surface area contributed by atoms with E-state index in [1.807, 2.05) is 53.9 Å². The molecule has 0 aliphatic rings. The summed E-state index contributed by atoms with van der Waals surface area (Å²) in [5, 5.41) is 18.1. The van der Waals surface area contributed by atoms with Crippen LogP contribution in [-0.2, 0) is 0 Å². The normalized spacial score (nSPS) is 10.9. The second-order valence-electron chi connectivity index (χ2n) is 6.75. The molecule has 152 valence electrons. The topological polar surface area (TPSA) is 81.4 Å². The molecule has 7 nitrogen and oxygen atoms in total. The number of ether oxygens (including phenoxy) is 1. The van der Waals surface area contributed by atoms with Crippen LogP contribution in [0.4, 0.5) is 5.69 Å². The molecule has 8 heteroatoms. The van der Waals surface area contributed by atoms with E-state index >= 15 is 0 Å². The van der Waals surface area contributed by atoms with Crippen molar-refractivity contribution >= 4 is 28.6 Å². The van der Waals surface area contributed by atoms with E-state index in [1.165, 1.54) is 0 Å². The molecule has 0 aliphatic heterocycles. The molecule has 0 bridgehead atoms. The number of methoxy groups -OCH3 is 1. The summed E-state index contributed by atoms with van der Waals surface area (Å²) in [6, 6.07) is 22.4. The second kappa shape index (κ2) is 8.00. The van der Waals surface area contributed by atoms with Gasteiger partial charge in [0, 0.05) is 16.8 Å². The third kappa shape index (κ3) is 3.76. The fraction of sp³-hybridized carbons (Fsp3) is 0.0435. The van der Waals surface area contributed by atoms with Crippen molar-refractivity contribution in [1.29, 1.82) is 0 Å². The highest BCUT2D eigenvalue weighted by Gasteiger charge is 2.12.